The van der Waals surface area contributed by atoms with Gasteiger partial charge in [0, 0.05) is 18.8 Å². The lowest BCUT2D eigenvalue weighted by atomic mass is 9.47. The number of nitriles is 1. The topological polar surface area (TPSA) is 70.3 Å². The first-order chi connectivity index (χ1) is 12.2. The normalized spacial score (nSPS) is 49.9. The summed E-state index contributed by atoms with van der Waals surface area (Å²) in [6.45, 7) is 6.06. The van der Waals surface area contributed by atoms with Crippen LogP contribution in [0.4, 0.5) is 0 Å². The maximum absolute atomic E-state index is 11.3. The molecule has 4 aliphatic carbocycles. The molecule has 0 radical (unpaired) electrons. The van der Waals surface area contributed by atoms with Gasteiger partial charge in [0.2, 0.25) is 0 Å². The van der Waals surface area contributed by atoms with Crippen LogP contribution in [0.1, 0.15) is 72.1 Å². The highest BCUT2D eigenvalue weighted by atomic mass is 16.5. The Kier molecular flexibility index (Phi) is 4.04. The van der Waals surface area contributed by atoms with Crippen LogP contribution in [0.15, 0.2) is 11.6 Å². The summed E-state index contributed by atoms with van der Waals surface area (Å²) in [5, 5.41) is 20.5. The maximum Gasteiger partial charge on any atom is 0.302 e. The Morgan fingerprint density at radius 2 is 1.96 bits per heavy atom. The number of rotatable bonds is 1. The number of hydrogen-bond donors (Lipinski definition) is 1. The third kappa shape index (κ3) is 2.32. The minimum Gasteiger partial charge on any atom is -0.462 e. The molecule has 0 amide bonds. The first-order valence-corrected chi connectivity index (χ1v) is 10.2. The van der Waals surface area contributed by atoms with Crippen LogP contribution >= 0.6 is 0 Å². The van der Waals surface area contributed by atoms with Crippen molar-refractivity contribution in [2.75, 3.05) is 0 Å². The van der Waals surface area contributed by atoms with Gasteiger partial charge >= 0.3 is 5.97 Å². The van der Waals surface area contributed by atoms with Crippen LogP contribution in [-0.4, -0.2) is 22.8 Å². The SMILES string of the molecule is CC(=O)OC1CC[C@@]2(C)C(=CCC3C2CC[C@@]2(C)C3CC[C@]2(O)C#N)C1. The second kappa shape index (κ2) is 5.83. The molecule has 0 bridgehead atoms. The smallest absolute Gasteiger partial charge is 0.302 e. The van der Waals surface area contributed by atoms with E-state index in [4.69, 9.17) is 4.74 Å². The van der Waals surface area contributed by atoms with E-state index in [2.05, 4.69) is 26.0 Å². The van der Waals surface area contributed by atoms with Crippen molar-refractivity contribution in [1.29, 1.82) is 5.26 Å². The molecule has 26 heavy (non-hydrogen) atoms. The summed E-state index contributed by atoms with van der Waals surface area (Å²) in [6, 6.07) is 2.26. The van der Waals surface area contributed by atoms with Crippen LogP contribution in [0.25, 0.3) is 0 Å². The molecular weight excluding hydrogens is 326 g/mol. The summed E-state index contributed by atoms with van der Waals surface area (Å²) < 4.78 is 5.50. The van der Waals surface area contributed by atoms with E-state index in [1.165, 1.54) is 12.5 Å². The zero-order chi connectivity index (χ0) is 18.7. The van der Waals surface area contributed by atoms with Crippen molar-refractivity contribution in [3.63, 3.8) is 0 Å². The van der Waals surface area contributed by atoms with E-state index in [1.54, 1.807) is 0 Å². The van der Waals surface area contributed by atoms with E-state index in [0.29, 0.717) is 24.2 Å². The lowest BCUT2D eigenvalue weighted by Gasteiger charge is -2.58. The van der Waals surface area contributed by atoms with Gasteiger partial charge in [-0.3, -0.25) is 4.79 Å². The summed E-state index contributed by atoms with van der Waals surface area (Å²) in [6.07, 6.45) is 10.0. The summed E-state index contributed by atoms with van der Waals surface area (Å²) in [4.78, 5) is 11.3. The molecule has 0 spiro atoms. The predicted molar refractivity (Wildman–Crippen MR) is 97.8 cm³/mol. The van der Waals surface area contributed by atoms with Crippen LogP contribution in [0.5, 0.6) is 0 Å². The average Bonchev–Trinajstić information content (AvgIpc) is 2.87. The van der Waals surface area contributed by atoms with E-state index < -0.39 is 5.60 Å². The first-order valence-electron chi connectivity index (χ1n) is 10.2. The van der Waals surface area contributed by atoms with E-state index in [1.807, 2.05) is 0 Å². The Hall–Kier alpha value is -1.34. The highest BCUT2D eigenvalue weighted by molar-refractivity contribution is 5.66. The Morgan fingerprint density at radius 1 is 1.23 bits per heavy atom. The van der Waals surface area contributed by atoms with Crippen molar-refractivity contribution in [2.24, 2.45) is 28.6 Å². The minimum atomic E-state index is -1.15. The minimum absolute atomic E-state index is 0.0346. The summed E-state index contributed by atoms with van der Waals surface area (Å²) >= 11 is 0. The molecule has 1 N–H and O–H groups in total. The van der Waals surface area contributed by atoms with E-state index in [0.717, 1.165) is 44.9 Å². The van der Waals surface area contributed by atoms with Crippen LogP contribution in [0.2, 0.25) is 0 Å². The van der Waals surface area contributed by atoms with Gasteiger partial charge in [0.1, 0.15) is 6.10 Å². The predicted octanol–water partition coefficient (Wildman–Crippen LogP) is 4.14. The molecule has 0 aromatic heterocycles. The van der Waals surface area contributed by atoms with Gasteiger partial charge < -0.3 is 9.84 Å². The molecule has 7 atom stereocenters. The monoisotopic (exact) mass is 357 g/mol. The highest BCUT2D eigenvalue weighted by Gasteiger charge is 2.64. The van der Waals surface area contributed by atoms with Gasteiger partial charge in [-0.05, 0) is 68.1 Å². The number of esters is 1. The van der Waals surface area contributed by atoms with E-state index >= 15 is 0 Å². The van der Waals surface area contributed by atoms with Crippen LogP contribution in [0.3, 0.4) is 0 Å². The molecule has 3 fully saturated rings. The molecule has 0 aliphatic heterocycles. The Morgan fingerprint density at radius 3 is 2.65 bits per heavy atom. The molecule has 142 valence electrons. The number of fused-ring (bicyclic) bond motifs is 5. The lowest BCUT2D eigenvalue weighted by Crippen LogP contribution is -2.54. The molecule has 0 aromatic rings. The van der Waals surface area contributed by atoms with Crippen LogP contribution in [0, 0.1) is 39.9 Å². The number of hydrogen-bond acceptors (Lipinski definition) is 4. The number of nitrogens with zero attached hydrogens (tertiary/aromatic N) is 1. The molecule has 3 saturated carbocycles. The zero-order valence-corrected chi connectivity index (χ0v) is 16.3. The number of aliphatic hydroxyl groups is 1. The van der Waals surface area contributed by atoms with Gasteiger partial charge in [0.05, 0.1) is 6.07 Å². The summed E-state index contributed by atoms with van der Waals surface area (Å²) in [7, 11) is 0. The van der Waals surface area contributed by atoms with Gasteiger partial charge in [-0.1, -0.05) is 25.5 Å². The Balaban J connectivity index is 1.61. The number of ether oxygens (including phenoxy) is 1. The molecule has 0 aromatic carbocycles. The zero-order valence-electron chi connectivity index (χ0n) is 16.3. The molecular formula is C22H31NO3. The molecule has 4 heteroatoms. The fraction of sp³-hybridized carbons (Fsp3) is 0.818. The third-order valence-electron chi connectivity index (χ3n) is 8.73. The van der Waals surface area contributed by atoms with Crippen molar-refractivity contribution in [3.8, 4) is 6.07 Å². The van der Waals surface area contributed by atoms with Crippen molar-refractivity contribution in [3.05, 3.63) is 11.6 Å². The quantitative estimate of drug-likeness (QED) is 0.435. The third-order valence-corrected chi connectivity index (χ3v) is 8.73. The lowest BCUT2D eigenvalue weighted by molar-refractivity contribution is -0.149. The fourth-order valence-corrected chi connectivity index (χ4v) is 7.16. The van der Waals surface area contributed by atoms with Crippen LogP contribution in [-0.2, 0) is 9.53 Å². The van der Waals surface area contributed by atoms with Gasteiger partial charge in [0.25, 0.3) is 0 Å². The van der Waals surface area contributed by atoms with Gasteiger partial charge in [-0.25, -0.2) is 0 Å². The highest BCUT2D eigenvalue weighted by Crippen LogP contribution is 2.67. The standard InChI is InChI=1S/C22H31NO3/c1-14(24)26-16-6-9-20(2)15(12-16)4-5-17-18(20)7-10-21(3)19(17)8-11-22(21,25)13-23/h4,16-19,25H,5-12H2,1-3H3/t16?,17?,18?,19?,20-,21-,22-/m0/s1. The average molecular weight is 357 g/mol. The molecule has 0 heterocycles. The largest absolute Gasteiger partial charge is 0.462 e. The second-order valence-corrected chi connectivity index (χ2v) is 9.70. The van der Waals surface area contributed by atoms with Crippen molar-refractivity contribution < 1.29 is 14.6 Å². The number of carbonyl (C=O) groups excluding carboxylic acids is 1. The Bertz CT molecular complexity index is 694. The summed E-state index contributed by atoms with van der Waals surface area (Å²) in [5.41, 5.74) is 0.252. The van der Waals surface area contributed by atoms with Gasteiger partial charge in [-0.15, -0.1) is 0 Å². The molecule has 4 nitrogen and oxygen atoms in total. The number of carbonyl (C=O) groups is 1. The van der Waals surface area contributed by atoms with Gasteiger partial charge in [0.15, 0.2) is 5.60 Å². The van der Waals surface area contributed by atoms with Gasteiger partial charge in [-0.2, -0.15) is 5.26 Å². The van der Waals surface area contributed by atoms with E-state index in [9.17, 15) is 15.2 Å². The van der Waals surface area contributed by atoms with Crippen molar-refractivity contribution in [1.82, 2.24) is 0 Å². The molecule has 4 aliphatic rings. The van der Waals surface area contributed by atoms with E-state index in [-0.39, 0.29) is 22.9 Å². The maximum atomic E-state index is 11.3. The molecule has 0 saturated heterocycles. The molecule has 4 unspecified atom stereocenters. The fourth-order valence-electron chi connectivity index (χ4n) is 7.16. The van der Waals surface area contributed by atoms with Crippen molar-refractivity contribution in [2.45, 2.75) is 83.8 Å². The van der Waals surface area contributed by atoms with Crippen LogP contribution < -0.4 is 0 Å². The second-order valence-electron chi connectivity index (χ2n) is 9.70. The summed E-state index contributed by atoms with van der Waals surface area (Å²) in [5.74, 6) is 1.45. The number of allylic oxidation sites excluding steroid dienone is 1. The molecule has 4 rings (SSSR count). The van der Waals surface area contributed by atoms with Crippen molar-refractivity contribution >= 4 is 5.97 Å². The Labute approximate surface area is 156 Å². The first kappa shape index (κ1) is 18.0.